The highest BCUT2D eigenvalue weighted by Crippen LogP contribution is 2.39. The van der Waals surface area contributed by atoms with Crippen LogP contribution in [0, 0.1) is 0 Å². The van der Waals surface area contributed by atoms with Crippen LogP contribution in [0.4, 0.5) is 0 Å². The van der Waals surface area contributed by atoms with Gasteiger partial charge in [-0.05, 0) is 29.7 Å². The van der Waals surface area contributed by atoms with E-state index in [0.717, 1.165) is 28.4 Å². The van der Waals surface area contributed by atoms with Gasteiger partial charge in [0.1, 0.15) is 5.69 Å². The fourth-order valence-corrected chi connectivity index (χ4v) is 3.96. The van der Waals surface area contributed by atoms with Gasteiger partial charge in [-0.1, -0.05) is 36.4 Å². The first-order chi connectivity index (χ1) is 11.8. The summed E-state index contributed by atoms with van der Waals surface area (Å²) in [7, 11) is 0. The predicted molar refractivity (Wildman–Crippen MR) is 95.4 cm³/mol. The Morgan fingerprint density at radius 3 is 2.54 bits per heavy atom. The second-order valence-electron chi connectivity index (χ2n) is 6.35. The summed E-state index contributed by atoms with van der Waals surface area (Å²) < 4.78 is 0. The smallest absolute Gasteiger partial charge is 0.268 e. The molecule has 0 spiro atoms. The third-order valence-electron chi connectivity index (χ3n) is 5.04. The molecule has 1 amide bonds. The van der Waals surface area contributed by atoms with Gasteiger partial charge in [0.25, 0.3) is 5.91 Å². The average molecular weight is 315 g/mol. The highest BCUT2D eigenvalue weighted by molar-refractivity contribution is 6.02. The number of aromatic amines is 2. The van der Waals surface area contributed by atoms with Gasteiger partial charge in [0, 0.05) is 40.5 Å². The van der Waals surface area contributed by atoms with E-state index in [-0.39, 0.29) is 11.8 Å². The molecule has 1 atom stereocenters. The topological polar surface area (TPSA) is 60.7 Å². The molecule has 0 saturated heterocycles. The molecule has 4 heteroatoms. The zero-order valence-electron chi connectivity index (χ0n) is 13.1. The van der Waals surface area contributed by atoms with E-state index in [1.807, 2.05) is 24.3 Å². The van der Waals surface area contributed by atoms with Crippen LogP contribution < -0.4 is 5.32 Å². The van der Waals surface area contributed by atoms with Crippen molar-refractivity contribution in [2.45, 2.75) is 12.3 Å². The number of hydrogen-bond donors (Lipinski definition) is 3. The molecule has 24 heavy (non-hydrogen) atoms. The molecule has 3 heterocycles. The first kappa shape index (κ1) is 13.4. The van der Waals surface area contributed by atoms with Crippen LogP contribution in [0.25, 0.3) is 21.8 Å². The van der Waals surface area contributed by atoms with Crippen LogP contribution in [0.3, 0.4) is 0 Å². The normalized spacial score (nSPS) is 17.7. The Bertz CT molecular complexity index is 1070. The van der Waals surface area contributed by atoms with E-state index in [9.17, 15) is 4.79 Å². The molecule has 3 N–H and O–H groups in total. The number of nitrogens with one attached hydrogen (secondary N) is 3. The van der Waals surface area contributed by atoms with Gasteiger partial charge in [0.2, 0.25) is 0 Å². The molecule has 4 aromatic rings. The summed E-state index contributed by atoms with van der Waals surface area (Å²) in [5, 5.41) is 5.39. The second kappa shape index (κ2) is 4.99. The summed E-state index contributed by atoms with van der Waals surface area (Å²) in [5.41, 5.74) is 5.23. The Kier molecular flexibility index (Phi) is 2.80. The van der Waals surface area contributed by atoms with Gasteiger partial charge in [-0.3, -0.25) is 4.79 Å². The van der Waals surface area contributed by atoms with Crippen molar-refractivity contribution in [2.24, 2.45) is 0 Å². The highest BCUT2D eigenvalue weighted by Gasteiger charge is 2.29. The minimum atomic E-state index is -0.0106. The van der Waals surface area contributed by atoms with E-state index in [1.54, 1.807) is 0 Å². The molecule has 118 valence electrons. The Labute approximate surface area is 138 Å². The minimum absolute atomic E-state index is 0.0106. The van der Waals surface area contributed by atoms with E-state index < -0.39 is 0 Å². The number of benzene rings is 2. The maximum Gasteiger partial charge on any atom is 0.268 e. The lowest BCUT2D eigenvalue weighted by Crippen LogP contribution is -2.23. The van der Waals surface area contributed by atoms with Gasteiger partial charge >= 0.3 is 0 Å². The maximum absolute atomic E-state index is 12.5. The molecule has 1 aliphatic rings. The van der Waals surface area contributed by atoms with Crippen molar-refractivity contribution in [3.05, 3.63) is 71.5 Å². The first-order valence-corrected chi connectivity index (χ1v) is 8.28. The van der Waals surface area contributed by atoms with Crippen molar-refractivity contribution < 1.29 is 4.79 Å². The summed E-state index contributed by atoms with van der Waals surface area (Å²) in [6.07, 6.45) is 2.99. The highest BCUT2D eigenvalue weighted by atomic mass is 16.1. The monoisotopic (exact) mass is 315 g/mol. The third kappa shape index (κ3) is 1.83. The van der Waals surface area contributed by atoms with Crippen LogP contribution in [0.15, 0.2) is 54.7 Å². The fraction of sp³-hybridized carbons (Fsp3) is 0.150. The van der Waals surface area contributed by atoms with Crippen molar-refractivity contribution in [1.82, 2.24) is 15.3 Å². The number of para-hydroxylation sites is 2. The number of hydrogen-bond acceptors (Lipinski definition) is 1. The SMILES string of the molecule is O=C1NCC[C@H](c2c[nH]c3ccccc23)c2c1[nH]c1ccccc21. The van der Waals surface area contributed by atoms with Gasteiger partial charge in [-0.15, -0.1) is 0 Å². The van der Waals surface area contributed by atoms with E-state index in [2.05, 4.69) is 45.7 Å². The first-order valence-electron chi connectivity index (χ1n) is 8.28. The summed E-state index contributed by atoms with van der Waals surface area (Å²) in [6, 6.07) is 16.5. The predicted octanol–water partition coefficient (Wildman–Crippen LogP) is 3.91. The number of H-pyrrole nitrogens is 2. The minimum Gasteiger partial charge on any atom is -0.361 e. The molecule has 0 unspecified atom stereocenters. The zero-order valence-corrected chi connectivity index (χ0v) is 13.1. The summed E-state index contributed by atoms with van der Waals surface area (Å²) >= 11 is 0. The third-order valence-corrected chi connectivity index (χ3v) is 5.04. The van der Waals surface area contributed by atoms with Gasteiger partial charge < -0.3 is 15.3 Å². The number of rotatable bonds is 1. The fourth-order valence-electron chi connectivity index (χ4n) is 3.96. The Hall–Kier alpha value is -3.01. The van der Waals surface area contributed by atoms with Gasteiger partial charge in [-0.25, -0.2) is 0 Å². The Morgan fingerprint density at radius 2 is 1.67 bits per heavy atom. The molecule has 4 nitrogen and oxygen atoms in total. The number of fused-ring (bicyclic) bond motifs is 4. The zero-order chi connectivity index (χ0) is 16.1. The molecule has 0 saturated carbocycles. The molecule has 2 aromatic heterocycles. The molecule has 0 radical (unpaired) electrons. The van der Waals surface area contributed by atoms with E-state index in [1.165, 1.54) is 10.9 Å². The molecule has 0 bridgehead atoms. The summed E-state index contributed by atoms with van der Waals surface area (Å²) in [4.78, 5) is 19.2. The van der Waals surface area contributed by atoms with Crippen LogP contribution in [-0.4, -0.2) is 22.4 Å². The van der Waals surface area contributed by atoms with Crippen LogP contribution in [0.1, 0.15) is 34.0 Å². The molecule has 0 aliphatic carbocycles. The lowest BCUT2D eigenvalue weighted by atomic mass is 9.87. The number of amides is 1. The van der Waals surface area contributed by atoms with E-state index >= 15 is 0 Å². The molecule has 5 rings (SSSR count). The standard InChI is InChI=1S/C20H17N3O/c24-20-19-18(14-6-2-4-8-17(14)23-19)13(9-10-21-20)15-11-22-16-7-3-1-5-12(15)16/h1-8,11,13,22-23H,9-10H2,(H,21,24)/t13-/m1/s1. The van der Waals surface area contributed by atoms with Crippen molar-refractivity contribution in [2.75, 3.05) is 6.54 Å². The second-order valence-corrected chi connectivity index (χ2v) is 6.35. The maximum atomic E-state index is 12.5. The molecule has 0 fully saturated rings. The van der Waals surface area contributed by atoms with Gasteiger partial charge in [0.05, 0.1) is 0 Å². The van der Waals surface area contributed by atoms with Crippen molar-refractivity contribution in [3.8, 4) is 0 Å². The largest absolute Gasteiger partial charge is 0.361 e. The van der Waals surface area contributed by atoms with Crippen LogP contribution >= 0.6 is 0 Å². The van der Waals surface area contributed by atoms with Crippen LogP contribution in [-0.2, 0) is 0 Å². The quantitative estimate of drug-likeness (QED) is 0.490. The Morgan fingerprint density at radius 1 is 0.917 bits per heavy atom. The molecule has 2 aromatic carbocycles. The lowest BCUT2D eigenvalue weighted by Gasteiger charge is -2.15. The van der Waals surface area contributed by atoms with Crippen LogP contribution in [0.2, 0.25) is 0 Å². The number of aromatic nitrogens is 2. The molecular weight excluding hydrogens is 298 g/mol. The van der Waals surface area contributed by atoms with Crippen molar-refractivity contribution >= 4 is 27.7 Å². The van der Waals surface area contributed by atoms with Crippen LogP contribution in [0.5, 0.6) is 0 Å². The lowest BCUT2D eigenvalue weighted by molar-refractivity contribution is 0.0952. The summed E-state index contributed by atoms with van der Waals surface area (Å²) in [5.74, 6) is 0.176. The average Bonchev–Trinajstić information content (AvgIpc) is 3.17. The van der Waals surface area contributed by atoms with Crippen molar-refractivity contribution in [1.29, 1.82) is 0 Å². The molecular formula is C20H17N3O. The van der Waals surface area contributed by atoms with Gasteiger partial charge in [0.15, 0.2) is 0 Å². The Balaban J connectivity index is 1.81. The van der Waals surface area contributed by atoms with E-state index in [0.29, 0.717) is 12.2 Å². The van der Waals surface area contributed by atoms with E-state index in [4.69, 9.17) is 0 Å². The van der Waals surface area contributed by atoms with Gasteiger partial charge in [-0.2, -0.15) is 0 Å². The van der Waals surface area contributed by atoms with Crippen molar-refractivity contribution in [3.63, 3.8) is 0 Å². The number of carbonyl (C=O) groups excluding carboxylic acids is 1. The number of carbonyl (C=O) groups is 1. The molecule has 1 aliphatic heterocycles. The summed E-state index contributed by atoms with van der Waals surface area (Å²) in [6.45, 7) is 0.680.